The van der Waals surface area contributed by atoms with E-state index in [0.29, 0.717) is 31.3 Å². The van der Waals surface area contributed by atoms with E-state index >= 15 is 0 Å². The summed E-state index contributed by atoms with van der Waals surface area (Å²) in [5.41, 5.74) is 0.268. The van der Waals surface area contributed by atoms with Crippen molar-refractivity contribution in [1.82, 2.24) is 20.0 Å². The molecular weight excluding hydrogens is 388 g/mol. The summed E-state index contributed by atoms with van der Waals surface area (Å²) >= 11 is 0. The number of aromatic carboxylic acids is 1. The Morgan fingerprint density at radius 1 is 1.33 bits per heavy atom. The largest absolute Gasteiger partial charge is 0.477 e. The number of carboxylic acids is 1. The van der Waals surface area contributed by atoms with Crippen molar-refractivity contribution < 1.29 is 24.2 Å². The average molecular weight is 421 g/mol. The number of carbonyl (C=O) groups excluding carboxylic acids is 1. The third-order valence-electron chi connectivity index (χ3n) is 7.13. The monoisotopic (exact) mass is 420 g/mol. The van der Waals surface area contributed by atoms with Crippen LogP contribution < -0.4 is 0 Å². The maximum Gasteiger partial charge on any atom is 0.354 e. The quantitative estimate of drug-likeness (QED) is 0.665. The second kappa shape index (κ2) is 9.03. The molecule has 0 spiro atoms. The topological polar surface area (TPSA) is 108 Å². The van der Waals surface area contributed by atoms with Crippen molar-refractivity contribution in [1.29, 1.82) is 0 Å². The van der Waals surface area contributed by atoms with Crippen molar-refractivity contribution in [2.24, 2.45) is 11.3 Å². The van der Waals surface area contributed by atoms with Gasteiger partial charge in [-0.05, 0) is 45.1 Å². The number of nitrogens with one attached hydrogen (secondary N) is 1. The van der Waals surface area contributed by atoms with Gasteiger partial charge in [0.25, 0.3) is 0 Å². The normalized spacial score (nSPS) is 30.6. The van der Waals surface area contributed by atoms with E-state index in [1.807, 2.05) is 6.92 Å². The van der Waals surface area contributed by atoms with Crippen LogP contribution in [0.2, 0.25) is 0 Å². The molecule has 1 aromatic heterocycles. The highest BCUT2D eigenvalue weighted by Gasteiger charge is 2.53. The standard InChI is InChI=1S/C21H32N4O5/c1-2-30-20(28)21-5-3-17(25-7-9-29-10-8-25)11-16(21)4-6-24(14-21)13-15-12-22-23-18(15)19(26)27/h12,16-17H,2-11,13-14H2,1H3,(H,22,23)(H,26,27)/t16-,17+,21-/m1/s1. The molecule has 9 heteroatoms. The van der Waals surface area contributed by atoms with E-state index in [1.165, 1.54) is 0 Å². The molecule has 0 aromatic carbocycles. The smallest absolute Gasteiger partial charge is 0.354 e. The molecule has 0 amide bonds. The molecule has 3 atom stereocenters. The third-order valence-corrected chi connectivity index (χ3v) is 7.13. The molecular formula is C21H32N4O5. The Kier molecular flexibility index (Phi) is 6.40. The molecule has 30 heavy (non-hydrogen) atoms. The zero-order valence-corrected chi connectivity index (χ0v) is 17.6. The number of likely N-dealkylation sites (tertiary alicyclic amines) is 1. The minimum absolute atomic E-state index is 0.0919. The number of H-pyrrole nitrogens is 1. The number of hydrogen-bond donors (Lipinski definition) is 2. The maximum absolute atomic E-state index is 13.2. The van der Waals surface area contributed by atoms with Crippen LogP contribution in [0.5, 0.6) is 0 Å². The Balaban J connectivity index is 1.50. The lowest BCUT2D eigenvalue weighted by molar-refractivity contribution is -0.170. The highest BCUT2D eigenvalue weighted by Crippen LogP contribution is 2.48. The second-order valence-electron chi connectivity index (χ2n) is 8.72. The van der Waals surface area contributed by atoms with Crippen LogP contribution in [0, 0.1) is 11.3 Å². The van der Waals surface area contributed by atoms with Gasteiger partial charge in [0, 0.05) is 37.8 Å². The molecule has 1 aliphatic carbocycles. The zero-order chi connectivity index (χ0) is 21.1. The first-order valence-corrected chi connectivity index (χ1v) is 11.0. The van der Waals surface area contributed by atoms with Gasteiger partial charge in [-0.1, -0.05) is 0 Å². The highest BCUT2D eigenvalue weighted by atomic mass is 16.5. The van der Waals surface area contributed by atoms with Crippen molar-refractivity contribution in [2.45, 2.75) is 45.2 Å². The van der Waals surface area contributed by atoms with Crippen molar-refractivity contribution in [3.8, 4) is 0 Å². The maximum atomic E-state index is 13.2. The van der Waals surface area contributed by atoms with Crippen molar-refractivity contribution >= 4 is 11.9 Å². The molecule has 2 saturated heterocycles. The van der Waals surface area contributed by atoms with Crippen molar-refractivity contribution in [3.05, 3.63) is 17.5 Å². The molecule has 0 bridgehead atoms. The minimum Gasteiger partial charge on any atom is -0.477 e. The number of carbonyl (C=O) groups is 2. The van der Waals surface area contributed by atoms with Crippen LogP contribution in [-0.4, -0.2) is 89.1 Å². The SMILES string of the molecule is CCOC(=O)[C@@]12CC[C@H](N3CCOCC3)C[C@H]1CCN(Cc1cn[nH]c1C(=O)O)C2. The summed E-state index contributed by atoms with van der Waals surface area (Å²) in [6, 6.07) is 0.500. The first kappa shape index (κ1) is 21.3. The summed E-state index contributed by atoms with van der Waals surface area (Å²) in [7, 11) is 0. The van der Waals surface area contributed by atoms with Crippen molar-refractivity contribution in [2.75, 3.05) is 46.0 Å². The van der Waals surface area contributed by atoms with Gasteiger partial charge < -0.3 is 14.6 Å². The Hall–Kier alpha value is -1.97. The minimum atomic E-state index is -1.01. The Morgan fingerprint density at radius 3 is 2.87 bits per heavy atom. The van der Waals surface area contributed by atoms with E-state index in [2.05, 4.69) is 20.0 Å². The predicted molar refractivity (Wildman–Crippen MR) is 108 cm³/mol. The first-order valence-electron chi connectivity index (χ1n) is 11.0. The zero-order valence-electron chi connectivity index (χ0n) is 17.6. The van der Waals surface area contributed by atoms with Crippen LogP contribution in [-0.2, 0) is 20.8 Å². The predicted octanol–water partition coefficient (Wildman–Crippen LogP) is 1.36. The van der Waals surface area contributed by atoms with Gasteiger partial charge in [-0.25, -0.2) is 4.79 Å². The van der Waals surface area contributed by atoms with E-state index in [9.17, 15) is 14.7 Å². The van der Waals surface area contributed by atoms with Gasteiger partial charge in [-0.15, -0.1) is 0 Å². The van der Waals surface area contributed by atoms with Crippen LogP contribution in [0.1, 0.15) is 48.7 Å². The Bertz CT molecular complexity index is 762. The molecule has 2 aliphatic heterocycles. The summed E-state index contributed by atoms with van der Waals surface area (Å²) in [4.78, 5) is 29.3. The number of fused-ring (bicyclic) bond motifs is 1. The van der Waals surface area contributed by atoms with E-state index in [4.69, 9.17) is 9.47 Å². The average Bonchev–Trinajstić information content (AvgIpc) is 3.22. The lowest BCUT2D eigenvalue weighted by Crippen LogP contribution is -2.58. The fourth-order valence-corrected chi connectivity index (χ4v) is 5.59. The number of rotatable bonds is 6. The third kappa shape index (κ3) is 4.10. The van der Waals surface area contributed by atoms with Gasteiger partial charge in [0.1, 0.15) is 5.69 Å². The molecule has 166 valence electrons. The molecule has 3 fully saturated rings. The Morgan fingerprint density at radius 2 is 2.13 bits per heavy atom. The Labute approximate surface area is 176 Å². The van der Waals surface area contributed by atoms with Crippen LogP contribution in [0.15, 0.2) is 6.20 Å². The van der Waals surface area contributed by atoms with Gasteiger partial charge in [-0.2, -0.15) is 5.10 Å². The van der Waals surface area contributed by atoms with Crippen molar-refractivity contribution in [3.63, 3.8) is 0 Å². The molecule has 0 radical (unpaired) electrons. The number of nitrogens with zero attached hydrogens (tertiary/aromatic N) is 3. The molecule has 1 saturated carbocycles. The van der Waals surface area contributed by atoms with Crippen LogP contribution in [0.25, 0.3) is 0 Å². The number of ether oxygens (including phenoxy) is 2. The van der Waals surface area contributed by atoms with Crippen LogP contribution >= 0.6 is 0 Å². The van der Waals surface area contributed by atoms with E-state index in [1.54, 1.807) is 6.20 Å². The number of piperidine rings is 1. The molecule has 0 unspecified atom stereocenters. The van der Waals surface area contributed by atoms with Crippen LogP contribution in [0.4, 0.5) is 0 Å². The summed E-state index contributed by atoms with van der Waals surface area (Å²) in [6.07, 6.45) is 5.29. The fourth-order valence-electron chi connectivity index (χ4n) is 5.59. The number of esters is 1. The molecule has 4 rings (SSSR count). The molecule has 9 nitrogen and oxygen atoms in total. The van der Waals surface area contributed by atoms with Gasteiger partial charge >= 0.3 is 11.9 Å². The molecule has 3 heterocycles. The molecule has 2 N–H and O–H groups in total. The van der Waals surface area contributed by atoms with Gasteiger partial charge in [0.05, 0.1) is 31.4 Å². The second-order valence-corrected chi connectivity index (χ2v) is 8.72. The summed E-state index contributed by atoms with van der Waals surface area (Å²) in [6.45, 7) is 7.66. The first-order chi connectivity index (χ1) is 14.5. The van der Waals surface area contributed by atoms with Gasteiger partial charge in [0.2, 0.25) is 0 Å². The number of aromatic nitrogens is 2. The summed E-state index contributed by atoms with van der Waals surface area (Å²) in [5.74, 6) is -0.813. The van der Waals surface area contributed by atoms with E-state index < -0.39 is 11.4 Å². The number of hydrogen-bond acceptors (Lipinski definition) is 7. The molecule has 1 aromatic rings. The number of carboxylic acid groups (broad SMARTS) is 1. The van der Waals surface area contributed by atoms with Crippen LogP contribution in [0.3, 0.4) is 0 Å². The fraction of sp³-hybridized carbons (Fsp3) is 0.762. The lowest BCUT2D eigenvalue weighted by atomic mass is 9.61. The lowest BCUT2D eigenvalue weighted by Gasteiger charge is -2.52. The summed E-state index contributed by atoms with van der Waals surface area (Å²) in [5, 5.41) is 15.8. The molecule has 3 aliphatic rings. The number of morpholine rings is 1. The van der Waals surface area contributed by atoms with Gasteiger partial charge in [-0.3, -0.25) is 19.7 Å². The highest BCUT2D eigenvalue weighted by molar-refractivity contribution is 5.86. The van der Waals surface area contributed by atoms with Gasteiger partial charge in [0.15, 0.2) is 0 Å². The van der Waals surface area contributed by atoms with E-state index in [-0.39, 0.29) is 17.6 Å². The number of aromatic amines is 1. The summed E-state index contributed by atoms with van der Waals surface area (Å²) < 4.78 is 11.1. The van der Waals surface area contributed by atoms with E-state index in [0.717, 1.165) is 58.5 Å².